The van der Waals surface area contributed by atoms with Crippen LogP contribution in [0.4, 0.5) is 26.2 Å². The third-order valence-electron chi connectivity index (χ3n) is 5.74. The van der Waals surface area contributed by atoms with Gasteiger partial charge in [-0.15, -0.1) is 0 Å². The molecule has 1 aliphatic rings. The predicted molar refractivity (Wildman–Crippen MR) is 125 cm³/mol. The van der Waals surface area contributed by atoms with Crippen LogP contribution in [0.2, 0.25) is 0 Å². The first kappa shape index (κ1) is 24.3. The van der Waals surface area contributed by atoms with E-state index in [0.717, 1.165) is 5.56 Å². The fourth-order valence-electron chi connectivity index (χ4n) is 4.14. The Bertz CT molecular complexity index is 1220. The summed E-state index contributed by atoms with van der Waals surface area (Å²) in [6, 6.07) is 1.68. The van der Waals surface area contributed by atoms with Gasteiger partial charge in [-0.3, -0.25) is 9.48 Å². The second-order valence-corrected chi connectivity index (χ2v) is 8.28. The normalized spacial score (nSPS) is 16.0. The van der Waals surface area contributed by atoms with Crippen LogP contribution in [0.1, 0.15) is 30.7 Å². The van der Waals surface area contributed by atoms with Crippen molar-refractivity contribution in [2.45, 2.75) is 46.0 Å². The molecule has 0 radical (unpaired) electrons. The molecule has 0 aliphatic carbocycles. The number of halogens is 2. The molecule has 3 heterocycles. The summed E-state index contributed by atoms with van der Waals surface area (Å²) in [5.41, 5.74) is 2.33. The van der Waals surface area contributed by atoms with Crippen molar-refractivity contribution in [3.05, 3.63) is 53.0 Å². The molecule has 0 bridgehead atoms. The third kappa shape index (κ3) is 4.87. The zero-order valence-electron chi connectivity index (χ0n) is 19.8. The Morgan fingerprint density at radius 2 is 1.97 bits per heavy atom. The first-order valence-corrected chi connectivity index (χ1v) is 11.1. The molecule has 2 aromatic heterocycles. The van der Waals surface area contributed by atoms with Gasteiger partial charge in [0.1, 0.15) is 11.7 Å². The lowest BCUT2D eigenvalue weighted by Gasteiger charge is -2.38. The summed E-state index contributed by atoms with van der Waals surface area (Å²) >= 11 is 0. The van der Waals surface area contributed by atoms with Crippen LogP contribution in [0.5, 0.6) is 5.75 Å². The van der Waals surface area contributed by atoms with Gasteiger partial charge in [-0.1, -0.05) is 0 Å². The van der Waals surface area contributed by atoms with Gasteiger partial charge in [0, 0.05) is 24.8 Å². The number of carbonyl (C=O) groups excluding carboxylic acids is 1. The summed E-state index contributed by atoms with van der Waals surface area (Å²) < 4.78 is 34.2. The number of nitrogens with zero attached hydrogens (tertiary/aromatic N) is 5. The van der Waals surface area contributed by atoms with Crippen LogP contribution in [0, 0.1) is 18.6 Å². The molecule has 0 saturated carbocycles. The maximum atomic E-state index is 14.0. The largest absolute Gasteiger partial charge is 0.491 e. The van der Waals surface area contributed by atoms with Crippen LogP contribution in [-0.2, 0) is 17.9 Å². The molecule has 35 heavy (non-hydrogen) atoms. The highest BCUT2D eigenvalue weighted by Gasteiger charge is 2.37. The van der Waals surface area contributed by atoms with Crippen LogP contribution in [-0.4, -0.2) is 56.6 Å². The van der Waals surface area contributed by atoms with Gasteiger partial charge in [0.05, 0.1) is 31.6 Å². The molecule has 0 unspecified atom stereocenters. The second-order valence-electron chi connectivity index (χ2n) is 8.28. The van der Waals surface area contributed by atoms with E-state index in [4.69, 9.17) is 4.74 Å². The molecule has 186 valence electrons. The van der Waals surface area contributed by atoms with Crippen LogP contribution in [0.15, 0.2) is 24.5 Å². The molecular formula is C23H27F2N7O3. The highest BCUT2D eigenvalue weighted by Crippen LogP contribution is 2.34. The van der Waals surface area contributed by atoms with Crippen molar-refractivity contribution in [3.63, 3.8) is 0 Å². The molecule has 3 N–H and O–H groups in total. The summed E-state index contributed by atoms with van der Waals surface area (Å²) in [6.07, 6.45) is 2.50. The molecule has 4 rings (SSSR count). The van der Waals surface area contributed by atoms with Crippen LogP contribution in [0.25, 0.3) is 0 Å². The molecule has 1 aromatic carbocycles. The Labute approximate surface area is 200 Å². The lowest BCUT2D eigenvalue weighted by atomic mass is 10.1. The van der Waals surface area contributed by atoms with Crippen LogP contribution < -0.4 is 20.3 Å². The predicted octanol–water partition coefficient (Wildman–Crippen LogP) is 2.46. The minimum absolute atomic E-state index is 0.179. The standard InChI is InChI=1S/C23H27F2N7O3/c1-5-32-19(13(3)33)22(34)29-18-12(2)28-23(30-21(18)32)26-8-15-9-27-31(11-15)10-14-6-16(24)20(35-4)17(25)7-14/h6-7,9,11,13,19,33H,5,8,10H2,1-4H3,(H,29,34)(H,26,28,30)/t13-,19+/m1/s1. The molecule has 12 heteroatoms. The lowest BCUT2D eigenvalue weighted by Crippen LogP contribution is -2.54. The van der Waals surface area contributed by atoms with Gasteiger partial charge >= 0.3 is 0 Å². The zero-order valence-corrected chi connectivity index (χ0v) is 19.8. The van der Waals surface area contributed by atoms with E-state index in [0.29, 0.717) is 41.8 Å². The molecule has 1 amide bonds. The number of hydrogen-bond donors (Lipinski definition) is 3. The number of amides is 1. The number of fused-ring (bicyclic) bond motifs is 1. The topological polar surface area (TPSA) is 117 Å². The van der Waals surface area contributed by atoms with Gasteiger partial charge < -0.3 is 25.4 Å². The van der Waals surface area contributed by atoms with Gasteiger partial charge in [-0.25, -0.2) is 13.8 Å². The SMILES string of the molecule is CCN1c2nc(NCc3cnn(Cc4cc(F)c(OC)c(F)c4)c3)nc(C)c2NC(=O)[C@@H]1[C@@H](C)O. The summed E-state index contributed by atoms with van der Waals surface area (Å²) in [6.45, 7) is 6.23. The molecule has 3 aromatic rings. The molecule has 0 fully saturated rings. The van der Waals surface area contributed by atoms with Gasteiger partial charge in [0.2, 0.25) is 11.9 Å². The Kier molecular flexibility index (Phi) is 6.83. The van der Waals surface area contributed by atoms with E-state index in [1.165, 1.54) is 19.2 Å². The smallest absolute Gasteiger partial charge is 0.249 e. The second kappa shape index (κ2) is 9.82. The average Bonchev–Trinajstić information content (AvgIpc) is 3.24. The van der Waals surface area contributed by atoms with E-state index in [1.54, 1.807) is 35.8 Å². The molecule has 1 aliphatic heterocycles. The van der Waals surface area contributed by atoms with Crippen molar-refractivity contribution in [2.24, 2.45) is 0 Å². The number of nitrogens with one attached hydrogen (secondary N) is 2. The summed E-state index contributed by atoms with van der Waals surface area (Å²) in [5, 5.41) is 20.3. The fourth-order valence-corrected chi connectivity index (χ4v) is 4.14. The van der Waals surface area contributed by atoms with E-state index in [-0.39, 0.29) is 12.5 Å². The summed E-state index contributed by atoms with van der Waals surface area (Å²) in [5.74, 6) is -1.37. The molecular weight excluding hydrogens is 460 g/mol. The number of ether oxygens (including phenoxy) is 1. The van der Waals surface area contributed by atoms with Crippen LogP contribution >= 0.6 is 0 Å². The number of methoxy groups -OCH3 is 1. The number of rotatable bonds is 8. The number of carbonyl (C=O) groups is 1. The van der Waals surface area contributed by atoms with Crippen LogP contribution in [0.3, 0.4) is 0 Å². The minimum Gasteiger partial charge on any atom is -0.491 e. The van der Waals surface area contributed by atoms with Gasteiger partial charge in [-0.2, -0.15) is 10.1 Å². The Morgan fingerprint density at radius 3 is 2.60 bits per heavy atom. The first-order chi connectivity index (χ1) is 16.7. The molecule has 0 spiro atoms. The van der Waals surface area contributed by atoms with E-state index in [2.05, 4.69) is 25.7 Å². The fraction of sp³-hybridized carbons (Fsp3) is 0.391. The molecule has 2 atom stereocenters. The van der Waals surface area contributed by atoms with Gasteiger partial charge in [-0.05, 0) is 38.5 Å². The zero-order chi connectivity index (χ0) is 25.3. The van der Waals surface area contributed by atoms with Crippen molar-refractivity contribution in [2.75, 3.05) is 29.2 Å². The summed E-state index contributed by atoms with van der Waals surface area (Å²) in [7, 11) is 1.21. The number of anilines is 3. The Balaban J connectivity index is 1.48. The van der Waals surface area contributed by atoms with E-state index in [9.17, 15) is 18.7 Å². The van der Waals surface area contributed by atoms with Crippen molar-refractivity contribution in [3.8, 4) is 5.75 Å². The monoisotopic (exact) mass is 487 g/mol. The number of aromatic nitrogens is 4. The maximum absolute atomic E-state index is 14.0. The van der Waals surface area contributed by atoms with Gasteiger partial charge in [0.15, 0.2) is 23.2 Å². The average molecular weight is 488 g/mol. The lowest BCUT2D eigenvalue weighted by molar-refractivity contribution is -0.119. The minimum atomic E-state index is -0.881. The first-order valence-electron chi connectivity index (χ1n) is 11.1. The number of likely N-dealkylation sites (N-methyl/N-ethyl adjacent to an activating group) is 1. The number of aliphatic hydroxyl groups excluding tert-OH is 1. The van der Waals surface area contributed by atoms with Crippen molar-refractivity contribution in [1.82, 2.24) is 19.7 Å². The highest BCUT2D eigenvalue weighted by molar-refractivity contribution is 6.03. The number of aryl methyl sites for hydroxylation is 1. The number of hydrogen-bond acceptors (Lipinski definition) is 8. The van der Waals surface area contributed by atoms with Crippen molar-refractivity contribution < 1.29 is 23.4 Å². The van der Waals surface area contributed by atoms with E-state index < -0.39 is 29.5 Å². The summed E-state index contributed by atoms with van der Waals surface area (Å²) in [4.78, 5) is 23.2. The third-order valence-corrected chi connectivity index (χ3v) is 5.74. The number of benzene rings is 1. The highest BCUT2D eigenvalue weighted by atomic mass is 19.1. The van der Waals surface area contributed by atoms with E-state index >= 15 is 0 Å². The number of aliphatic hydroxyl groups is 1. The van der Waals surface area contributed by atoms with Crippen molar-refractivity contribution in [1.29, 1.82) is 0 Å². The Hall–Kier alpha value is -3.80. The maximum Gasteiger partial charge on any atom is 0.249 e. The quantitative estimate of drug-likeness (QED) is 0.444. The molecule has 0 saturated heterocycles. The van der Waals surface area contributed by atoms with Crippen molar-refractivity contribution >= 4 is 23.4 Å². The van der Waals surface area contributed by atoms with E-state index in [1.807, 2.05) is 6.92 Å². The molecule has 10 nitrogen and oxygen atoms in total. The van der Waals surface area contributed by atoms with Gasteiger partial charge in [0.25, 0.3) is 0 Å². The Morgan fingerprint density at radius 1 is 1.26 bits per heavy atom.